The number of aryl methyl sites for hydroxylation is 2. The quantitative estimate of drug-likeness (QED) is 0.190. The van der Waals surface area contributed by atoms with Crippen LogP contribution in [0.1, 0.15) is 64.6 Å². The standard InChI is InChI=1S/C32H38ClN7O4S/c1-6-20-17-25(23-15-16-28(35-19(23)2)40-45(42,43)27-10-8-7-9-24(27)33)38-26-18-34-30(39-29(20)26)36-21-11-13-22(14-12-21)37-31(41)44-32(3,4)5/h7-10,15-18,21-22H,6,11-14H2,1-5H3,(H,35,40)(H,37,41)(H,34,36,39). The van der Waals surface area contributed by atoms with Crippen molar-refractivity contribution >= 4 is 50.5 Å². The van der Waals surface area contributed by atoms with E-state index in [1.807, 2.05) is 26.8 Å². The molecule has 0 unspecified atom stereocenters. The topological polar surface area (TPSA) is 148 Å². The van der Waals surface area contributed by atoms with E-state index in [-0.39, 0.29) is 33.9 Å². The number of rotatable bonds is 8. The molecule has 1 aromatic carbocycles. The number of carbonyl (C=O) groups is 1. The van der Waals surface area contributed by atoms with Gasteiger partial charge in [0.25, 0.3) is 10.0 Å². The van der Waals surface area contributed by atoms with Gasteiger partial charge in [0.15, 0.2) is 0 Å². The third kappa shape index (κ3) is 7.98. The summed E-state index contributed by atoms with van der Waals surface area (Å²) in [6.07, 6.45) is 5.49. The van der Waals surface area contributed by atoms with E-state index in [1.54, 1.807) is 37.4 Å². The number of nitrogens with zero attached hydrogens (tertiary/aromatic N) is 4. The van der Waals surface area contributed by atoms with Crippen molar-refractivity contribution in [2.45, 2.75) is 89.3 Å². The van der Waals surface area contributed by atoms with Gasteiger partial charge in [0.1, 0.15) is 21.8 Å². The zero-order chi connectivity index (χ0) is 32.4. The van der Waals surface area contributed by atoms with E-state index in [4.69, 9.17) is 26.3 Å². The van der Waals surface area contributed by atoms with Gasteiger partial charge in [-0.3, -0.25) is 4.72 Å². The lowest BCUT2D eigenvalue weighted by Gasteiger charge is -2.30. The number of ether oxygens (including phenoxy) is 1. The van der Waals surface area contributed by atoms with Crippen molar-refractivity contribution in [2.75, 3.05) is 10.0 Å². The first kappa shape index (κ1) is 32.4. The van der Waals surface area contributed by atoms with Crippen LogP contribution in [0, 0.1) is 6.92 Å². The molecule has 1 amide bonds. The largest absolute Gasteiger partial charge is 0.444 e. The summed E-state index contributed by atoms with van der Waals surface area (Å²) in [5.74, 6) is 0.727. The van der Waals surface area contributed by atoms with Crippen molar-refractivity contribution in [1.29, 1.82) is 0 Å². The Hall–Kier alpha value is -4.03. The van der Waals surface area contributed by atoms with Gasteiger partial charge in [0.05, 0.1) is 22.4 Å². The smallest absolute Gasteiger partial charge is 0.407 e. The number of halogens is 1. The number of benzene rings is 1. The maximum atomic E-state index is 12.9. The highest BCUT2D eigenvalue weighted by molar-refractivity contribution is 7.92. The number of alkyl carbamates (subject to hydrolysis) is 1. The molecule has 0 spiro atoms. The number of sulfonamides is 1. The summed E-state index contributed by atoms with van der Waals surface area (Å²) in [4.78, 5) is 30.8. The molecule has 0 atom stereocenters. The number of fused-ring (bicyclic) bond motifs is 1. The van der Waals surface area contributed by atoms with Crippen LogP contribution in [0.3, 0.4) is 0 Å². The van der Waals surface area contributed by atoms with Crippen LogP contribution in [-0.2, 0) is 21.2 Å². The summed E-state index contributed by atoms with van der Waals surface area (Å²) in [6.45, 7) is 9.43. The van der Waals surface area contributed by atoms with Crippen LogP contribution in [0.2, 0.25) is 5.02 Å². The average Bonchev–Trinajstić information content (AvgIpc) is 2.96. The molecule has 238 valence electrons. The fourth-order valence-corrected chi connectivity index (χ4v) is 6.87. The summed E-state index contributed by atoms with van der Waals surface area (Å²) < 4.78 is 33.7. The third-order valence-corrected chi connectivity index (χ3v) is 9.37. The molecule has 0 saturated heterocycles. The van der Waals surface area contributed by atoms with Gasteiger partial charge in [0.2, 0.25) is 5.95 Å². The van der Waals surface area contributed by atoms with E-state index in [0.717, 1.165) is 48.7 Å². The monoisotopic (exact) mass is 651 g/mol. The van der Waals surface area contributed by atoms with E-state index in [1.165, 1.54) is 12.1 Å². The lowest BCUT2D eigenvalue weighted by atomic mass is 9.91. The SMILES string of the molecule is CCc1cc(-c2ccc(NS(=O)(=O)c3ccccc3Cl)nc2C)nc2cnc(NC3CCC(NC(=O)OC(C)(C)C)CC3)nc12. The Morgan fingerprint density at radius 3 is 2.40 bits per heavy atom. The molecule has 1 saturated carbocycles. The molecule has 0 aliphatic heterocycles. The fourth-order valence-electron chi connectivity index (χ4n) is 5.35. The highest BCUT2D eigenvalue weighted by atomic mass is 35.5. The van der Waals surface area contributed by atoms with Crippen LogP contribution < -0.4 is 15.4 Å². The molecule has 0 bridgehead atoms. The fraction of sp³-hybridized carbons (Fsp3) is 0.406. The van der Waals surface area contributed by atoms with Gasteiger partial charge in [-0.1, -0.05) is 30.7 Å². The summed E-state index contributed by atoms with van der Waals surface area (Å²) in [5, 5.41) is 6.57. The first-order chi connectivity index (χ1) is 21.3. The van der Waals surface area contributed by atoms with E-state index in [0.29, 0.717) is 22.9 Å². The Kier molecular flexibility index (Phi) is 9.45. The molecule has 4 aromatic rings. The van der Waals surface area contributed by atoms with Gasteiger partial charge in [-0.05, 0) is 95.7 Å². The molecule has 13 heteroatoms. The van der Waals surface area contributed by atoms with Crippen molar-refractivity contribution in [3.05, 3.63) is 64.9 Å². The molecule has 3 N–H and O–H groups in total. The minimum Gasteiger partial charge on any atom is -0.444 e. The number of hydrogen-bond acceptors (Lipinski definition) is 9. The van der Waals surface area contributed by atoms with E-state index in [9.17, 15) is 13.2 Å². The Morgan fingerprint density at radius 2 is 1.73 bits per heavy atom. The molecule has 3 aromatic heterocycles. The molecule has 0 radical (unpaired) electrons. The second kappa shape index (κ2) is 13.1. The van der Waals surface area contributed by atoms with Crippen LogP contribution in [0.4, 0.5) is 16.6 Å². The number of pyridine rings is 2. The van der Waals surface area contributed by atoms with Crippen molar-refractivity contribution in [3.8, 4) is 11.3 Å². The molecule has 3 heterocycles. The normalized spacial score (nSPS) is 17.1. The van der Waals surface area contributed by atoms with E-state index >= 15 is 0 Å². The maximum absolute atomic E-state index is 12.9. The Balaban J connectivity index is 1.28. The minimum atomic E-state index is -3.91. The number of hydrogen-bond donors (Lipinski definition) is 3. The second-order valence-electron chi connectivity index (χ2n) is 12.2. The van der Waals surface area contributed by atoms with Crippen LogP contribution in [0.25, 0.3) is 22.3 Å². The molecule has 1 fully saturated rings. The van der Waals surface area contributed by atoms with Crippen molar-refractivity contribution in [2.24, 2.45) is 0 Å². The van der Waals surface area contributed by atoms with Crippen LogP contribution >= 0.6 is 11.6 Å². The van der Waals surface area contributed by atoms with Crippen molar-refractivity contribution < 1.29 is 17.9 Å². The molecular formula is C32H38ClN7O4S. The van der Waals surface area contributed by atoms with Gasteiger partial charge < -0.3 is 15.4 Å². The first-order valence-electron chi connectivity index (χ1n) is 15.0. The number of carbonyl (C=O) groups excluding carboxylic acids is 1. The number of aromatic nitrogens is 4. The predicted molar refractivity (Wildman–Crippen MR) is 176 cm³/mol. The molecule has 5 rings (SSSR count). The zero-order valence-corrected chi connectivity index (χ0v) is 27.6. The summed E-state index contributed by atoms with van der Waals surface area (Å²) in [6, 6.07) is 11.9. The molecule has 45 heavy (non-hydrogen) atoms. The minimum absolute atomic E-state index is 0.0178. The summed E-state index contributed by atoms with van der Waals surface area (Å²) >= 11 is 6.10. The van der Waals surface area contributed by atoms with Crippen molar-refractivity contribution in [1.82, 2.24) is 25.3 Å². The van der Waals surface area contributed by atoms with Gasteiger partial charge >= 0.3 is 6.09 Å². The number of nitrogens with one attached hydrogen (secondary N) is 3. The number of anilines is 2. The average molecular weight is 652 g/mol. The van der Waals surface area contributed by atoms with Crippen molar-refractivity contribution in [3.63, 3.8) is 0 Å². The second-order valence-corrected chi connectivity index (χ2v) is 14.2. The van der Waals surface area contributed by atoms with E-state index in [2.05, 4.69) is 32.2 Å². The lowest BCUT2D eigenvalue weighted by molar-refractivity contribution is 0.0492. The highest BCUT2D eigenvalue weighted by Gasteiger charge is 2.25. The summed E-state index contributed by atoms with van der Waals surface area (Å²) in [7, 11) is -3.91. The third-order valence-electron chi connectivity index (χ3n) is 7.51. The van der Waals surface area contributed by atoms with Crippen LogP contribution in [0.15, 0.2) is 53.6 Å². The van der Waals surface area contributed by atoms with Gasteiger partial charge in [-0.25, -0.2) is 33.1 Å². The van der Waals surface area contributed by atoms with Gasteiger partial charge in [-0.2, -0.15) is 0 Å². The lowest BCUT2D eigenvalue weighted by Crippen LogP contribution is -2.42. The Morgan fingerprint density at radius 1 is 1.02 bits per heavy atom. The van der Waals surface area contributed by atoms with E-state index < -0.39 is 15.6 Å². The Bertz CT molecular complexity index is 1820. The molecule has 11 nitrogen and oxygen atoms in total. The van der Waals surface area contributed by atoms with Gasteiger partial charge in [0, 0.05) is 23.3 Å². The zero-order valence-electron chi connectivity index (χ0n) is 26.0. The van der Waals surface area contributed by atoms with Crippen LogP contribution in [0.5, 0.6) is 0 Å². The molecular weight excluding hydrogens is 614 g/mol. The highest BCUT2D eigenvalue weighted by Crippen LogP contribution is 2.29. The predicted octanol–water partition coefficient (Wildman–Crippen LogP) is 6.66. The number of amides is 1. The van der Waals surface area contributed by atoms with Crippen LogP contribution in [-0.4, -0.2) is 52.1 Å². The Labute approximate surface area is 268 Å². The molecule has 1 aliphatic rings. The molecule has 1 aliphatic carbocycles. The summed E-state index contributed by atoms with van der Waals surface area (Å²) in [5.41, 5.74) is 3.99. The van der Waals surface area contributed by atoms with Gasteiger partial charge in [-0.15, -0.1) is 0 Å². The first-order valence-corrected chi connectivity index (χ1v) is 16.9. The maximum Gasteiger partial charge on any atom is 0.407 e.